The largest absolute Gasteiger partial charge is 0.476 e. The molecule has 0 amide bonds. The average molecular weight is 155 g/mol. The Morgan fingerprint density at radius 1 is 1.73 bits per heavy atom. The fourth-order valence-electron chi connectivity index (χ4n) is 0.899. The second-order valence-electron chi connectivity index (χ2n) is 2.24. The summed E-state index contributed by atoms with van der Waals surface area (Å²) in [4.78, 5) is 10.4. The number of rotatable bonds is 2. The van der Waals surface area contributed by atoms with Crippen LogP contribution in [0.4, 0.5) is 0 Å². The van der Waals surface area contributed by atoms with Crippen LogP contribution in [-0.2, 0) is 6.42 Å². The number of nitrogens with zero attached hydrogens (tertiary/aromatic N) is 1. The summed E-state index contributed by atoms with van der Waals surface area (Å²) in [6.45, 7) is 3.58. The Hall–Kier alpha value is -1.32. The molecule has 1 N–H and O–H groups in total. The summed E-state index contributed by atoms with van der Waals surface area (Å²) in [7, 11) is 0. The third kappa shape index (κ3) is 1.24. The molecule has 0 bridgehead atoms. The maximum Gasteiger partial charge on any atom is 0.358 e. The van der Waals surface area contributed by atoms with Crippen molar-refractivity contribution in [2.24, 2.45) is 0 Å². The van der Waals surface area contributed by atoms with Crippen LogP contribution in [0.1, 0.15) is 28.7 Å². The summed E-state index contributed by atoms with van der Waals surface area (Å²) in [6.07, 6.45) is 0.673. The summed E-state index contributed by atoms with van der Waals surface area (Å²) >= 11 is 0. The number of aromatic carboxylic acids is 1. The molecule has 0 saturated carbocycles. The Labute approximate surface area is 63.8 Å². The molecule has 4 nitrogen and oxygen atoms in total. The van der Waals surface area contributed by atoms with Gasteiger partial charge in [0.2, 0.25) is 0 Å². The first-order valence-electron chi connectivity index (χ1n) is 3.35. The van der Waals surface area contributed by atoms with Crippen LogP contribution in [0.5, 0.6) is 0 Å². The van der Waals surface area contributed by atoms with Gasteiger partial charge >= 0.3 is 5.97 Å². The predicted octanol–water partition coefficient (Wildman–Crippen LogP) is 1.24. The molecule has 0 aromatic carbocycles. The first-order valence-corrected chi connectivity index (χ1v) is 3.35. The van der Waals surface area contributed by atoms with Crippen LogP contribution >= 0.6 is 0 Å². The maximum atomic E-state index is 10.4. The third-order valence-electron chi connectivity index (χ3n) is 1.54. The van der Waals surface area contributed by atoms with Gasteiger partial charge in [-0.05, 0) is 6.92 Å². The van der Waals surface area contributed by atoms with Crippen molar-refractivity contribution in [1.29, 1.82) is 0 Å². The molecule has 0 radical (unpaired) electrons. The lowest BCUT2D eigenvalue weighted by molar-refractivity contribution is 0.0685. The second kappa shape index (κ2) is 2.74. The van der Waals surface area contributed by atoms with E-state index < -0.39 is 5.97 Å². The van der Waals surface area contributed by atoms with E-state index in [4.69, 9.17) is 9.63 Å². The molecule has 0 aliphatic carbocycles. The Kier molecular flexibility index (Phi) is 1.94. The number of hydrogen-bond acceptors (Lipinski definition) is 3. The number of carboxylic acids is 1. The summed E-state index contributed by atoms with van der Waals surface area (Å²) in [5, 5.41) is 12.0. The lowest BCUT2D eigenvalue weighted by atomic mass is 10.2. The molecular weight excluding hydrogens is 146 g/mol. The van der Waals surface area contributed by atoms with Crippen molar-refractivity contribution in [1.82, 2.24) is 5.16 Å². The monoisotopic (exact) mass is 155 g/mol. The zero-order chi connectivity index (χ0) is 8.43. The van der Waals surface area contributed by atoms with E-state index in [2.05, 4.69) is 5.16 Å². The van der Waals surface area contributed by atoms with Crippen molar-refractivity contribution in [2.45, 2.75) is 20.3 Å². The molecule has 0 saturated heterocycles. The highest BCUT2D eigenvalue weighted by molar-refractivity contribution is 5.86. The minimum Gasteiger partial charge on any atom is -0.476 e. The Morgan fingerprint density at radius 3 is 2.64 bits per heavy atom. The summed E-state index contributed by atoms with van der Waals surface area (Å²) < 4.78 is 4.78. The van der Waals surface area contributed by atoms with Gasteiger partial charge in [-0.15, -0.1) is 0 Å². The summed E-state index contributed by atoms with van der Waals surface area (Å²) in [6, 6.07) is 0. The van der Waals surface area contributed by atoms with Crippen LogP contribution in [0.15, 0.2) is 4.52 Å². The van der Waals surface area contributed by atoms with Crippen molar-refractivity contribution < 1.29 is 14.4 Å². The molecule has 0 unspecified atom stereocenters. The van der Waals surface area contributed by atoms with Crippen molar-refractivity contribution in [3.05, 3.63) is 17.0 Å². The summed E-state index contributed by atoms with van der Waals surface area (Å²) in [5.41, 5.74) is 0.641. The topological polar surface area (TPSA) is 63.3 Å². The SMILES string of the molecule is CCc1onc(C(=O)O)c1C. The highest BCUT2D eigenvalue weighted by atomic mass is 16.5. The van der Waals surface area contributed by atoms with Crippen LogP contribution in [0.2, 0.25) is 0 Å². The third-order valence-corrected chi connectivity index (χ3v) is 1.54. The molecule has 0 atom stereocenters. The molecule has 4 heteroatoms. The zero-order valence-electron chi connectivity index (χ0n) is 6.42. The van der Waals surface area contributed by atoms with Gasteiger partial charge in [-0.2, -0.15) is 0 Å². The minimum absolute atomic E-state index is 0.0156. The quantitative estimate of drug-likeness (QED) is 0.697. The fourth-order valence-corrected chi connectivity index (χ4v) is 0.899. The molecule has 0 aliphatic heterocycles. The second-order valence-corrected chi connectivity index (χ2v) is 2.24. The summed E-state index contributed by atoms with van der Waals surface area (Å²) in [5.74, 6) is -0.395. The molecule has 1 heterocycles. The van der Waals surface area contributed by atoms with E-state index in [1.807, 2.05) is 6.92 Å². The van der Waals surface area contributed by atoms with Gasteiger partial charge in [0.25, 0.3) is 0 Å². The molecule has 0 spiro atoms. The van der Waals surface area contributed by atoms with E-state index in [9.17, 15) is 4.79 Å². The van der Waals surface area contributed by atoms with Crippen LogP contribution in [0.25, 0.3) is 0 Å². The minimum atomic E-state index is -1.04. The standard InChI is InChI=1S/C7H9NO3/c1-3-5-4(2)6(7(9)10)8-11-5/h3H2,1-2H3,(H,9,10). The van der Waals surface area contributed by atoms with E-state index in [1.165, 1.54) is 0 Å². The molecule has 1 aromatic heterocycles. The molecular formula is C7H9NO3. The van der Waals surface area contributed by atoms with Gasteiger partial charge in [0.1, 0.15) is 5.76 Å². The number of carboxylic acid groups (broad SMARTS) is 1. The number of hydrogen-bond donors (Lipinski definition) is 1. The Bertz CT molecular complexity index is 277. The number of aryl methyl sites for hydroxylation is 1. The van der Waals surface area contributed by atoms with Gasteiger partial charge in [-0.3, -0.25) is 0 Å². The van der Waals surface area contributed by atoms with E-state index in [-0.39, 0.29) is 5.69 Å². The van der Waals surface area contributed by atoms with Crippen molar-refractivity contribution in [3.63, 3.8) is 0 Å². The molecule has 0 fully saturated rings. The molecule has 11 heavy (non-hydrogen) atoms. The van der Waals surface area contributed by atoms with Gasteiger partial charge in [0.05, 0.1) is 0 Å². The highest BCUT2D eigenvalue weighted by Crippen LogP contribution is 2.12. The Balaban J connectivity index is 3.10. The average Bonchev–Trinajstić information content (AvgIpc) is 2.30. The van der Waals surface area contributed by atoms with Crippen LogP contribution in [-0.4, -0.2) is 16.2 Å². The number of aromatic nitrogens is 1. The van der Waals surface area contributed by atoms with Gasteiger partial charge in [0, 0.05) is 12.0 Å². The van der Waals surface area contributed by atoms with E-state index >= 15 is 0 Å². The Morgan fingerprint density at radius 2 is 2.36 bits per heavy atom. The normalized spacial score (nSPS) is 10.0. The van der Waals surface area contributed by atoms with Crippen molar-refractivity contribution in [2.75, 3.05) is 0 Å². The van der Waals surface area contributed by atoms with Crippen molar-refractivity contribution in [3.8, 4) is 0 Å². The molecule has 1 aromatic rings. The first-order chi connectivity index (χ1) is 5.16. The van der Waals surface area contributed by atoms with Gasteiger partial charge in [-0.1, -0.05) is 12.1 Å². The lowest BCUT2D eigenvalue weighted by Crippen LogP contribution is -1.98. The lowest BCUT2D eigenvalue weighted by Gasteiger charge is -1.87. The number of carbonyl (C=O) groups is 1. The smallest absolute Gasteiger partial charge is 0.358 e. The van der Waals surface area contributed by atoms with E-state index in [0.717, 1.165) is 0 Å². The van der Waals surface area contributed by atoms with Crippen LogP contribution < -0.4 is 0 Å². The maximum absolute atomic E-state index is 10.4. The highest BCUT2D eigenvalue weighted by Gasteiger charge is 2.15. The first kappa shape index (κ1) is 7.78. The predicted molar refractivity (Wildman–Crippen MR) is 37.6 cm³/mol. The van der Waals surface area contributed by atoms with E-state index in [1.54, 1.807) is 6.92 Å². The van der Waals surface area contributed by atoms with Gasteiger partial charge in [-0.25, -0.2) is 4.79 Å². The van der Waals surface area contributed by atoms with Crippen molar-refractivity contribution >= 4 is 5.97 Å². The molecule has 60 valence electrons. The van der Waals surface area contributed by atoms with E-state index in [0.29, 0.717) is 17.7 Å². The molecule has 0 aliphatic rings. The van der Waals surface area contributed by atoms with Crippen LogP contribution in [0.3, 0.4) is 0 Å². The molecule has 1 rings (SSSR count). The zero-order valence-corrected chi connectivity index (χ0v) is 6.42. The van der Waals surface area contributed by atoms with Gasteiger partial charge in [0.15, 0.2) is 5.69 Å². The fraction of sp³-hybridized carbons (Fsp3) is 0.429. The van der Waals surface area contributed by atoms with Crippen LogP contribution in [0, 0.1) is 6.92 Å². The van der Waals surface area contributed by atoms with Gasteiger partial charge < -0.3 is 9.63 Å².